The summed E-state index contributed by atoms with van der Waals surface area (Å²) < 4.78 is 0. The van der Waals surface area contributed by atoms with Gasteiger partial charge in [0.2, 0.25) is 11.8 Å². The molecular formula is C15H28N4O2. The molecule has 120 valence electrons. The van der Waals surface area contributed by atoms with E-state index in [9.17, 15) is 9.59 Å². The van der Waals surface area contributed by atoms with Gasteiger partial charge in [0, 0.05) is 19.6 Å². The summed E-state index contributed by atoms with van der Waals surface area (Å²) >= 11 is 0. The third kappa shape index (κ3) is 4.17. The van der Waals surface area contributed by atoms with Gasteiger partial charge in [0.05, 0.1) is 12.5 Å². The van der Waals surface area contributed by atoms with E-state index >= 15 is 0 Å². The van der Waals surface area contributed by atoms with Crippen LogP contribution in [0.2, 0.25) is 0 Å². The van der Waals surface area contributed by atoms with E-state index in [2.05, 4.69) is 11.8 Å². The molecule has 2 heterocycles. The van der Waals surface area contributed by atoms with E-state index in [0.717, 1.165) is 38.9 Å². The molecule has 2 fully saturated rings. The molecule has 2 saturated heterocycles. The van der Waals surface area contributed by atoms with Crippen molar-refractivity contribution in [2.45, 2.75) is 26.2 Å². The highest BCUT2D eigenvalue weighted by Gasteiger charge is 2.30. The summed E-state index contributed by atoms with van der Waals surface area (Å²) in [6, 6.07) is 0. The van der Waals surface area contributed by atoms with Crippen LogP contribution in [0.5, 0.6) is 0 Å². The summed E-state index contributed by atoms with van der Waals surface area (Å²) in [5.74, 6) is 0.761. The maximum absolute atomic E-state index is 12.4. The molecule has 21 heavy (non-hydrogen) atoms. The maximum Gasteiger partial charge on any atom is 0.236 e. The van der Waals surface area contributed by atoms with Gasteiger partial charge in [-0.1, -0.05) is 6.92 Å². The highest BCUT2D eigenvalue weighted by molar-refractivity contribution is 5.81. The molecule has 6 nitrogen and oxygen atoms in total. The first-order chi connectivity index (χ1) is 10.0. The number of carbonyl (C=O) groups excluding carboxylic acids is 2. The van der Waals surface area contributed by atoms with Gasteiger partial charge >= 0.3 is 0 Å². The number of nitrogens with zero attached hydrogens (tertiary/aromatic N) is 2. The normalized spacial score (nSPS) is 31.1. The van der Waals surface area contributed by atoms with Crippen LogP contribution in [0, 0.1) is 17.8 Å². The topological polar surface area (TPSA) is 92.7 Å². The molecule has 0 aromatic heterocycles. The van der Waals surface area contributed by atoms with E-state index in [0.29, 0.717) is 31.5 Å². The Hall–Kier alpha value is -1.14. The van der Waals surface area contributed by atoms with Gasteiger partial charge in [-0.2, -0.15) is 0 Å². The molecule has 2 rings (SSSR count). The predicted octanol–water partition coefficient (Wildman–Crippen LogP) is -0.373. The first-order valence-electron chi connectivity index (χ1n) is 8.00. The summed E-state index contributed by atoms with van der Waals surface area (Å²) in [5.41, 5.74) is 11.2. The van der Waals surface area contributed by atoms with Crippen molar-refractivity contribution in [2.24, 2.45) is 29.2 Å². The monoisotopic (exact) mass is 296 g/mol. The Morgan fingerprint density at radius 3 is 2.62 bits per heavy atom. The predicted molar refractivity (Wildman–Crippen MR) is 81.3 cm³/mol. The fourth-order valence-corrected chi connectivity index (χ4v) is 3.40. The first kappa shape index (κ1) is 16.2. The van der Waals surface area contributed by atoms with Crippen molar-refractivity contribution in [3.63, 3.8) is 0 Å². The molecule has 0 bridgehead atoms. The number of hydrogen-bond donors (Lipinski definition) is 2. The second kappa shape index (κ2) is 7.22. The van der Waals surface area contributed by atoms with Gasteiger partial charge in [-0.15, -0.1) is 0 Å². The summed E-state index contributed by atoms with van der Waals surface area (Å²) in [6.07, 6.45) is 2.76. The molecule has 0 spiro atoms. The highest BCUT2D eigenvalue weighted by atomic mass is 16.2. The summed E-state index contributed by atoms with van der Waals surface area (Å²) in [6.45, 7) is 6.44. The van der Waals surface area contributed by atoms with Crippen molar-refractivity contribution in [2.75, 3.05) is 39.3 Å². The zero-order valence-corrected chi connectivity index (χ0v) is 13.0. The lowest BCUT2D eigenvalue weighted by molar-refractivity contribution is -0.136. The molecular weight excluding hydrogens is 268 g/mol. The number of amides is 2. The fourth-order valence-electron chi connectivity index (χ4n) is 3.40. The van der Waals surface area contributed by atoms with E-state index in [1.165, 1.54) is 0 Å². The van der Waals surface area contributed by atoms with E-state index in [4.69, 9.17) is 11.5 Å². The lowest BCUT2D eigenvalue weighted by atomic mass is 9.87. The van der Waals surface area contributed by atoms with Crippen LogP contribution in [-0.2, 0) is 9.59 Å². The number of hydrogen-bond acceptors (Lipinski definition) is 4. The van der Waals surface area contributed by atoms with E-state index in [1.54, 1.807) is 4.90 Å². The molecule has 0 aromatic carbocycles. The van der Waals surface area contributed by atoms with Crippen molar-refractivity contribution in [3.8, 4) is 0 Å². The molecule has 0 aromatic rings. The van der Waals surface area contributed by atoms with Crippen LogP contribution in [0.25, 0.3) is 0 Å². The molecule has 2 aliphatic heterocycles. The molecule has 4 N–H and O–H groups in total. The third-order valence-electron chi connectivity index (χ3n) is 5.04. The second-order valence-electron chi connectivity index (χ2n) is 6.58. The molecule has 0 saturated carbocycles. The Kier molecular flexibility index (Phi) is 5.58. The SMILES string of the molecule is CC1CCN(CC(=O)N2CCCC(C(N)=O)C2)CC1CN. The zero-order valence-electron chi connectivity index (χ0n) is 13.0. The molecule has 3 atom stereocenters. The van der Waals surface area contributed by atoms with E-state index < -0.39 is 0 Å². The van der Waals surface area contributed by atoms with Crippen molar-refractivity contribution in [3.05, 3.63) is 0 Å². The second-order valence-corrected chi connectivity index (χ2v) is 6.58. The van der Waals surface area contributed by atoms with Crippen LogP contribution in [0.3, 0.4) is 0 Å². The minimum atomic E-state index is -0.289. The average Bonchev–Trinajstić information content (AvgIpc) is 2.49. The fraction of sp³-hybridized carbons (Fsp3) is 0.867. The van der Waals surface area contributed by atoms with Crippen molar-refractivity contribution >= 4 is 11.8 Å². The van der Waals surface area contributed by atoms with Crippen LogP contribution >= 0.6 is 0 Å². The molecule has 2 aliphatic rings. The van der Waals surface area contributed by atoms with Gasteiger partial charge in [-0.25, -0.2) is 0 Å². The van der Waals surface area contributed by atoms with Crippen molar-refractivity contribution in [1.82, 2.24) is 9.80 Å². The number of likely N-dealkylation sites (tertiary alicyclic amines) is 2. The van der Waals surface area contributed by atoms with Gasteiger partial charge in [-0.3, -0.25) is 14.5 Å². The van der Waals surface area contributed by atoms with Crippen LogP contribution in [0.1, 0.15) is 26.2 Å². The average molecular weight is 296 g/mol. The molecule has 6 heteroatoms. The molecule has 0 radical (unpaired) electrons. The molecule has 2 amide bonds. The number of piperidine rings is 2. The highest BCUT2D eigenvalue weighted by Crippen LogP contribution is 2.22. The first-order valence-corrected chi connectivity index (χ1v) is 8.00. The zero-order chi connectivity index (χ0) is 15.4. The minimum Gasteiger partial charge on any atom is -0.369 e. The van der Waals surface area contributed by atoms with E-state index in [-0.39, 0.29) is 17.7 Å². The number of primary amides is 1. The van der Waals surface area contributed by atoms with Gasteiger partial charge in [0.15, 0.2) is 0 Å². The standard InChI is InChI=1S/C15H28N4O2/c1-11-4-6-18(8-13(11)7-16)10-14(20)19-5-2-3-12(9-19)15(17)21/h11-13H,2-10,16H2,1H3,(H2,17,21). The summed E-state index contributed by atoms with van der Waals surface area (Å²) in [5, 5.41) is 0. The number of nitrogens with two attached hydrogens (primary N) is 2. The summed E-state index contributed by atoms with van der Waals surface area (Å²) in [4.78, 5) is 27.7. The maximum atomic E-state index is 12.4. The van der Waals surface area contributed by atoms with Gasteiger partial charge in [-0.05, 0) is 44.2 Å². The Labute approximate surface area is 126 Å². The Morgan fingerprint density at radius 1 is 1.19 bits per heavy atom. The number of rotatable bonds is 4. The van der Waals surface area contributed by atoms with E-state index in [1.807, 2.05) is 0 Å². The lowest BCUT2D eigenvalue weighted by Gasteiger charge is -2.38. The Morgan fingerprint density at radius 2 is 1.95 bits per heavy atom. The molecule has 0 aliphatic carbocycles. The molecule has 3 unspecified atom stereocenters. The number of carbonyl (C=O) groups is 2. The minimum absolute atomic E-state index is 0.117. The van der Waals surface area contributed by atoms with Crippen LogP contribution in [0.4, 0.5) is 0 Å². The Bertz CT molecular complexity index is 388. The third-order valence-corrected chi connectivity index (χ3v) is 5.04. The quantitative estimate of drug-likeness (QED) is 0.740. The van der Waals surface area contributed by atoms with Gasteiger partial charge in [0.1, 0.15) is 0 Å². The van der Waals surface area contributed by atoms with Gasteiger partial charge in [0.25, 0.3) is 0 Å². The lowest BCUT2D eigenvalue weighted by Crippen LogP contribution is -2.50. The Balaban J connectivity index is 1.85. The van der Waals surface area contributed by atoms with Gasteiger partial charge < -0.3 is 16.4 Å². The van der Waals surface area contributed by atoms with Crippen LogP contribution < -0.4 is 11.5 Å². The van der Waals surface area contributed by atoms with Crippen molar-refractivity contribution < 1.29 is 9.59 Å². The van der Waals surface area contributed by atoms with Crippen molar-refractivity contribution in [1.29, 1.82) is 0 Å². The largest absolute Gasteiger partial charge is 0.369 e. The summed E-state index contributed by atoms with van der Waals surface area (Å²) in [7, 11) is 0. The van der Waals surface area contributed by atoms with Crippen LogP contribution in [0.15, 0.2) is 0 Å². The van der Waals surface area contributed by atoms with Crippen LogP contribution in [-0.4, -0.2) is 60.9 Å². The smallest absolute Gasteiger partial charge is 0.236 e.